The molecule has 0 radical (unpaired) electrons. The minimum atomic E-state index is -4.20. The maximum atomic E-state index is 13.9. The van der Waals surface area contributed by atoms with Crippen LogP contribution in [0, 0.1) is 0 Å². The highest BCUT2D eigenvalue weighted by atomic mass is 35.5. The number of nitrogens with zero attached hydrogens (tertiary/aromatic N) is 2. The first-order valence-electron chi connectivity index (χ1n) is 12.7. The predicted molar refractivity (Wildman–Crippen MR) is 158 cm³/mol. The fraction of sp³-hybridized carbons (Fsp3) is 0.310. The van der Waals surface area contributed by atoms with E-state index in [1.165, 1.54) is 42.3 Å². The first kappa shape index (κ1) is 31.3. The van der Waals surface area contributed by atoms with Crippen LogP contribution in [0.1, 0.15) is 32.8 Å². The highest BCUT2D eigenvalue weighted by molar-refractivity contribution is 7.92. The van der Waals surface area contributed by atoms with Crippen molar-refractivity contribution in [2.75, 3.05) is 18.0 Å². The molecule has 3 rings (SSSR count). The fourth-order valence-corrected chi connectivity index (χ4v) is 5.70. The molecule has 0 aliphatic heterocycles. The summed E-state index contributed by atoms with van der Waals surface area (Å²) in [6.45, 7) is 4.92. The third-order valence-electron chi connectivity index (χ3n) is 6.47. The Balaban J connectivity index is 2.04. The van der Waals surface area contributed by atoms with E-state index in [-0.39, 0.29) is 34.1 Å². The van der Waals surface area contributed by atoms with E-state index in [9.17, 15) is 18.0 Å². The van der Waals surface area contributed by atoms with E-state index in [2.05, 4.69) is 5.32 Å². The molecule has 3 aromatic carbocycles. The van der Waals surface area contributed by atoms with E-state index in [0.29, 0.717) is 17.2 Å². The molecule has 0 saturated carbocycles. The highest BCUT2D eigenvalue weighted by Gasteiger charge is 2.33. The second-order valence-corrected chi connectivity index (χ2v) is 12.0. The van der Waals surface area contributed by atoms with Crippen LogP contribution in [0.3, 0.4) is 0 Å². The van der Waals surface area contributed by atoms with Gasteiger partial charge >= 0.3 is 0 Å². The van der Waals surface area contributed by atoms with E-state index in [4.69, 9.17) is 27.9 Å². The molecule has 2 atom stereocenters. The number of rotatable bonds is 12. The van der Waals surface area contributed by atoms with Gasteiger partial charge in [-0.05, 0) is 68.3 Å². The van der Waals surface area contributed by atoms with Gasteiger partial charge in [0, 0.05) is 17.6 Å². The third-order valence-corrected chi connectivity index (χ3v) is 8.80. The first-order chi connectivity index (χ1) is 19.0. The number of methoxy groups -OCH3 is 1. The molecule has 1 N–H and O–H groups in total. The van der Waals surface area contributed by atoms with Crippen molar-refractivity contribution < 1.29 is 22.7 Å². The van der Waals surface area contributed by atoms with Crippen LogP contribution in [-0.4, -0.2) is 50.9 Å². The predicted octanol–water partition coefficient (Wildman–Crippen LogP) is 5.53. The number of carbonyl (C=O) groups is 2. The molecule has 0 saturated heterocycles. The van der Waals surface area contributed by atoms with Gasteiger partial charge < -0.3 is 15.0 Å². The van der Waals surface area contributed by atoms with Crippen molar-refractivity contribution in [1.82, 2.24) is 10.2 Å². The van der Waals surface area contributed by atoms with Crippen LogP contribution < -0.4 is 14.4 Å². The molecule has 0 aliphatic carbocycles. The van der Waals surface area contributed by atoms with E-state index < -0.39 is 28.5 Å². The van der Waals surface area contributed by atoms with Gasteiger partial charge in [-0.1, -0.05) is 60.5 Å². The average molecular weight is 607 g/mol. The van der Waals surface area contributed by atoms with Crippen LogP contribution in [0.4, 0.5) is 5.69 Å². The molecule has 0 unspecified atom stereocenters. The number of ether oxygens (including phenoxy) is 1. The van der Waals surface area contributed by atoms with Crippen LogP contribution in [-0.2, 0) is 26.2 Å². The maximum absolute atomic E-state index is 13.9. The number of halogens is 2. The molecular weight excluding hydrogens is 573 g/mol. The first-order valence-corrected chi connectivity index (χ1v) is 14.9. The van der Waals surface area contributed by atoms with E-state index in [0.717, 1.165) is 9.87 Å². The Bertz CT molecular complexity index is 1420. The second-order valence-electron chi connectivity index (χ2n) is 9.29. The number of amides is 2. The van der Waals surface area contributed by atoms with Crippen molar-refractivity contribution in [3.63, 3.8) is 0 Å². The summed E-state index contributed by atoms with van der Waals surface area (Å²) in [5, 5.41) is 3.61. The minimum absolute atomic E-state index is 0.00144. The van der Waals surface area contributed by atoms with Gasteiger partial charge in [0.1, 0.15) is 18.3 Å². The van der Waals surface area contributed by atoms with Crippen LogP contribution >= 0.6 is 23.2 Å². The van der Waals surface area contributed by atoms with Crippen molar-refractivity contribution in [2.24, 2.45) is 0 Å². The summed E-state index contributed by atoms with van der Waals surface area (Å²) < 4.78 is 33.9. The van der Waals surface area contributed by atoms with Crippen molar-refractivity contribution >= 4 is 50.7 Å². The van der Waals surface area contributed by atoms with Gasteiger partial charge in [0.05, 0.1) is 22.7 Å². The monoisotopic (exact) mass is 605 g/mol. The lowest BCUT2D eigenvalue weighted by molar-refractivity contribution is -0.139. The largest absolute Gasteiger partial charge is 0.495 e. The Morgan fingerprint density at radius 3 is 2.20 bits per heavy atom. The summed E-state index contributed by atoms with van der Waals surface area (Å²) in [7, 11) is -2.75. The summed E-state index contributed by atoms with van der Waals surface area (Å²) in [5.74, 6) is -0.566. The van der Waals surface area contributed by atoms with Crippen LogP contribution in [0.5, 0.6) is 5.75 Å². The van der Waals surface area contributed by atoms with Gasteiger partial charge in [-0.15, -0.1) is 0 Å². The molecule has 0 aliphatic rings. The van der Waals surface area contributed by atoms with Crippen molar-refractivity contribution in [1.29, 1.82) is 0 Å². The highest BCUT2D eigenvalue weighted by Crippen LogP contribution is 2.32. The topological polar surface area (TPSA) is 96.0 Å². The second kappa shape index (κ2) is 13.9. The van der Waals surface area contributed by atoms with Crippen molar-refractivity contribution in [2.45, 2.75) is 50.7 Å². The lowest BCUT2D eigenvalue weighted by atomic mass is 10.1. The van der Waals surface area contributed by atoms with Gasteiger partial charge in [0.15, 0.2) is 0 Å². The smallest absolute Gasteiger partial charge is 0.264 e. The van der Waals surface area contributed by atoms with E-state index in [1.54, 1.807) is 49.4 Å². The number of hydrogen-bond donors (Lipinski definition) is 1. The fourth-order valence-electron chi connectivity index (χ4n) is 3.89. The van der Waals surface area contributed by atoms with Crippen LogP contribution in [0.2, 0.25) is 10.0 Å². The summed E-state index contributed by atoms with van der Waals surface area (Å²) in [4.78, 5) is 28.4. The van der Waals surface area contributed by atoms with Gasteiger partial charge in [-0.2, -0.15) is 0 Å². The summed E-state index contributed by atoms with van der Waals surface area (Å²) in [5.41, 5.74) is 0.900. The van der Waals surface area contributed by atoms with E-state index in [1.807, 2.05) is 13.8 Å². The lowest BCUT2D eigenvalue weighted by Crippen LogP contribution is -2.52. The Labute approximate surface area is 245 Å². The molecule has 0 fully saturated rings. The number of sulfonamides is 1. The molecule has 11 heteroatoms. The van der Waals surface area contributed by atoms with Crippen molar-refractivity contribution in [3.05, 3.63) is 88.4 Å². The Morgan fingerprint density at radius 2 is 1.62 bits per heavy atom. The molecule has 2 amide bonds. The molecule has 3 aromatic rings. The number of carbonyl (C=O) groups excluding carboxylic acids is 2. The minimum Gasteiger partial charge on any atom is -0.495 e. The summed E-state index contributed by atoms with van der Waals surface area (Å²) in [6.07, 6.45) is 0.713. The zero-order valence-corrected chi connectivity index (χ0v) is 25.1. The molecule has 0 spiro atoms. The Hall–Kier alpha value is -3.27. The standard InChI is InChI=1S/C29H33Cl2N3O5S/c1-5-20(2)32-29(36)21(3)33(18-22-11-13-23(30)14-12-22)28(35)19-34(24-15-16-27(39-4)26(31)17-24)40(37,38)25-9-7-6-8-10-25/h6-17,20-21H,5,18-19H2,1-4H3,(H,32,36)/t20-,21-/m1/s1. The van der Waals surface area contributed by atoms with E-state index >= 15 is 0 Å². The maximum Gasteiger partial charge on any atom is 0.264 e. The summed E-state index contributed by atoms with van der Waals surface area (Å²) in [6, 6.07) is 18.2. The van der Waals surface area contributed by atoms with Gasteiger partial charge in [-0.3, -0.25) is 13.9 Å². The molecule has 0 bridgehead atoms. The summed E-state index contributed by atoms with van der Waals surface area (Å²) >= 11 is 12.4. The van der Waals surface area contributed by atoms with Gasteiger partial charge in [0.2, 0.25) is 11.8 Å². The van der Waals surface area contributed by atoms with Gasteiger partial charge in [0.25, 0.3) is 10.0 Å². The lowest BCUT2D eigenvalue weighted by Gasteiger charge is -2.32. The quantitative estimate of drug-likeness (QED) is 0.293. The zero-order valence-electron chi connectivity index (χ0n) is 22.8. The Morgan fingerprint density at radius 1 is 0.975 bits per heavy atom. The molecular formula is C29H33Cl2N3O5S. The molecule has 40 heavy (non-hydrogen) atoms. The molecule has 214 valence electrons. The van der Waals surface area contributed by atoms with Gasteiger partial charge in [-0.25, -0.2) is 8.42 Å². The van der Waals surface area contributed by atoms with Crippen LogP contribution in [0.25, 0.3) is 0 Å². The number of hydrogen-bond acceptors (Lipinski definition) is 5. The number of benzene rings is 3. The molecule has 0 aromatic heterocycles. The molecule has 0 heterocycles. The Kier molecular flexibility index (Phi) is 10.8. The number of anilines is 1. The van der Waals surface area contributed by atoms with Crippen molar-refractivity contribution in [3.8, 4) is 5.75 Å². The number of nitrogens with one attached hydrogen (secondary N) is 1. The normalized spacial score (nSPS) is 12.8. The SMILES string of the molecule is CC[C@@H](C)NC(=O)[C@@H](C)N(Cc1ccc(Cl)cc1)C(=O)CN(c1ccc(OC)c(Cl)c1)S(=O)(=O)c1ccccc1. The zero-order chi connectivity index (χ0) is 29.4. The van der Waals surface area contributed by atoms with Crippen LogP contribution in [0.15, 0.2) is 77.7 Å². The average Bonchev–Trinajstić information content (AvgIpc) is 2.95. The third kappa shape index (κ3) is 7.68. The molecule has 8 nitrogen and oxygen atoms in total.